The van der Waals surface area contributed by atoms with Crippen LogP contribution in [-0.2, 0) is 27.3 Å². The number of hydrogen-bond donors (Lipinski definition) is 0. The van der Waals surface area contributed by atoms with Crippen molar-refractivity contribution >= 4 is 12.4 Å². The molecule has 0 radical (unpaired) electrons. The van der Waals surface area contributed by atoms with Gasteiger partial charge in [-0.15, -0.1) is 12.4 Å². The molecule has 0 amide bonds. The van der Waals surface area contributed by atoms with Gasteiger partial charge in [-0.25, -0.2) is 0 Å². The zero-order valence-corrected chi connectivity index (χ0v) is 8.97. The average molecular weight is 257 g/mol. The quantitative estimate of drug-likeness (QED) is 0.378. The molecular weight excluding hydrogens is 244 g/mol. The molecular formula is H13CdClO6. The van der Waals surface area contributed by atoms with Crippen LogP contribution in [0.4, 0.5) is 0 Å². The van der Waals surface area contributed by atoms with Gasteiger partial charge < -0.3 is 32.9 Å². The summed E-state index contributed by atoms with van der Waals surface area (Å²) in [6.45, 7) is 0. The summed E-state index contributed by atoms with van der Waals surface area (Å²) >= 11 is 0. The molecule has 0 aliphatic heterocycles. The Labute approximate surface area is 72.7 Å². The molecule has 0 saturated heterocycles. The molecule has 0 aromatic carbocycles. The SMILES string of the molecule is Cl.O.O.O.O.O.O.[Cd]. The molecule has 0 aliphatic rings. The van der Waals surface area contributed by atoms with E-state index in [0.29, 0.717) is 0 Å². The van der Waals surface area contributed by atoms with Crippen LogP contribution >= 0.6 is 12.4 Å². The molecule has 0 fully saturated rings. The summed E-state index contributed by atoms with van der Waals surface area (Å²) in [6.07, 6.45) is 0. The molecule has 6 nitrogen and oxygen atoms in total. The first-order valence-electron chi connectivity index (χ1n) is 0. The standard InChI is InChI=1S/Cd.ClH.6H2O/h;1H;6*1H2. The Morgan fingerprint density at radius 2 is 0.375 bits per heavy atom. The molecule has 8 heteroatoms. The molecule has 0 spiro atoms. The Hall–Kier alpha value is 0.972. The predicted octanol–water partition coefficient (Wildman–Crippen LogP) is -4.53. The summed E-state index contributed by atoms with van der Waals surface area (Å²) in [5.74, 6) is 0. The summed E-state index contributed by atoms with van der Waals surface area (Å²) in [4.78, 5) is 0. The number of hydrogen-bond acceptors (Lipinski definition) is 0. The third kappa shape index (κ3) is 263. The van der Waals surface area contributed by atoms with E-state index in [9.17, 15) is 0 Å². The summed E-state index contributed by atoms with van der Waals surface area (Å²) in [5, 5.41) is 0. The molecule has 0 rings (SSSR count). The summed E-state index contributed by atoms with van der Waals surface area (Å²) in [6, 6.07) is 0. The largest absolute Gasteiger partial charge is 0.412 e. The second-order valence-electron chi connectivity index (χ2n) is 0. The van der Waals surface area contributed by atoms with E-state index in [-0.39, 0.29) is 72.6 Å². The molecule has 0 aromatic rings. The van der Waals surface area contributed by atoms with E-state index < -0.39 is 0 Å². The van der Waals surface area contributed by atoms with E-state index in [2.05, 4.69) is 0 Å². The minimum atomic E-state index is 0. The molecule has 0 heterocycles. The van der Waals surface area contributed by atoms with E-state index in [1.807, 2.05) is 0 Å². The molecule has 58 valence electrons. The Balaban J connectivity index is 0. The number of rotatable bonds is 0. The average Bonchev–Trinajstić information content (AvgIpc) is 0. The normalized spacial score (nSPS) is 0. The van der Waals surface area contributed by atoms with Crippen molar-refractivity contribution in [3.63, 3.8) is 0 Å². The maximum absolute atomic E-state index is 0. The third-order valence-electron chi connectivity index (χ3n) is 0. The molecule has 0 bridgehead atoms. The summed E-state index contributed by atoms with van der Waals surface area (Å²) in [5.41, 5.74) is 0. The molecule has 0 aliphatic carbocycles. The van der Waals surface area contributed by atoms with Crippen molar-refractivity contribution < 1.29 is 60.2 Å². The van der Waals surface area contributed by atoms with E-state index >= 15 is 0 Å². The zero-order chi connectivity index (χ0) is 0. The van der Waals surface area contributed by atoms with Crippen LogP contribution in [0.3, 0.4) is 0 Å². The minimum Gasteiger partial charge on any atom is -0.412 e. The van der Waals surface area contributed by atoms with Crippen molar-refractivity contribution in [2.75, 3.05) is 0 Å². The number of halogens is 1. The van der Waals surface area contributed by atoms with Crippen LogP contribution in [0.2, 0.25) is 0 Å². The minimum absolute atomic E-state index is 0. The van der Waals surface area contributed by atoms with Crippen molar-refractivity contribution in [2.45, 2.75) is 0 Å². The van der Waals surface area contributed by atoms with Gasteiger partial charge in [0.15, 0.2) is 0 Å². The fourth-order valence-corrected chi connectivity index (χ4v) is 0. The molecule has 0 unspecified atom stereocenters. The maximum Gasteiger partial charge on any atom is 0 e. The molecule has 0 saturated carbocycles. The molecule has 12 N–H and O–H groups in total. The van der Waals surface area contributed by atoms with Crippen molar-refractivity contribution in [2.24, 2.45) is 0 Å². The Bertz CT molecular complexity index is 8.49. The van der Waals surface area contributed by atoms with Crippen molar-refractivity contribution in [3.05, 3.63) is 0 Å². The van der Waals surface area contributed by atoms with Crippen molar-refractivity contribution in [1.29, 1.82) is 0 Å². The first kappa shape index (κ1) is 603. The van der Waals surface area contributed by atoms with Crippen LogP contribution in [-0.4, -0.2) is 32.9 Å². The van der Waals surface area contributed by atoms with Crippen LogP contribution in [0, 0.1) is 0 Å². The Morgan fingerprint density at radius 3 is 0.375 bits per heavy atom. The van der Waals surface area contributed by atoms with Crippen LogP contribution in [0.1, 0.15) is 0 Å². The van der Waals surface area contributed by atoms with Gasteiger partial charge in [-0.05, 0) is 0 Å². The smallest absolute Gasteiger partial charge is 0 e. The second kappa shape index (κ2) is 410. The van der Waals surface area contributed by atoms with Gasteiger partial charge in [0.1, 0.15) is 0 Å². The van der Waals surface area contributed by atoms with Gasteiger partial charge in [0.25, 0.3) is 0 Å². The van der Waals surface area contributed by atoms with Crippen molar-refractivity contribution in [3.8, 4) is 0 Å². The molecule has 0 atom stereocenters. The fraction of sp³-hybridized carbons (Fsp3) is 0. The zero-order valence-electron chi connectivity index (χ0n) is 4.12. The van der Waals surface area contributed by atoms with Crippen molar-refractivity contribution in [1.82, 2.24) is 0 Å². The van der Waals surface area contributed by atoms with E-state index in [1.54, 1.807) is 0 Å². The predicted molar refractivity (Wildman–Crippen MR) is 28.9 cm³/mol. The van der Waals surface area contributed by atoms with Crippen LogP contribution < -0.4 is 0 Å². The van der Waals surface area contributed by atoms with Gasteiger partial charge in [0, 0.05) is 27.3 Å². The van der Waals surface area contributed by atoms with Gasteiger partial charge in [-0.1, -0.05) is 0 Å². The topological polar surface area (TPSA) is 189 Å². The van der Waals surface area contributed by atoms with Gasteiger partial charge in [0.2, 0.25) is 0 Å². The van der Waals surface area contributed by atoms with Crippen LogP contribution in [0.15, 0.2) is 0 Å². The molecule has 0 aromatic heterocycles. The summed E-state index contributed by atoms with van der Waals surface area (Å²) in [7, 11) is 0. The van der Waals surface area contributed by atoms with E-state index in [0.717, 1.165) is 0 Å². The van der Waals surface area contributed by atoms with Gasteiger partial charge in [0.05, 0.1) is 0 Å². The monoisotopic (exact) mass is 258 g/mol. The van der Waals surface area contributed by atoms with Gasteiger partial charge in [-0.2, -0.15) is 0 Å². The van der Waals surface area contributed by atoms with Gasteiger partial charge in [-0.3, -0.25) is 0 Å². The first-order valence-corrected chi connectivity index (χ1v) is 0. The molecule has 8 heavy (non-hydrogen) atoms. The van der Waals surface area contributed by atoms with E-state index in [4.69, 9.17) is 0 Å². The Morgan fingerprint density at radius 1 is 0.375 bits per heavy atom. The maximum atomic E-state index is 0. The van der Waals surface area contributed by atoms with E-state index in [1.165, 1.54) is 0 Å². The third-order valence-corrected chi connectivity index (χ3v) is 0. The Kier molecular flexibility index (Phi) is 30900. The van der Waals surface area contributed by atoms with Gasteiger partial charge >= 0.3 is 0 Å². The first-order chi connectivity index (χ1) is 0. The van der Waals surface area contributed by atoms with Crippen LogP contribution in [0.25, 0.3) is 0 Å². The summed E-state index contributed by atoms with van der Waals surface area (Å²) < 4.78 is 0. The second-order valence-corrected chi connectivity index (χ2v) is 0. The fourth-order valence-electron chi connectivity index (χ4n) is 0. The van der Waals surface area contributed by atoms with Crippen LogP contribution in [0.5, 0.6) is 0 Å².